The molecule has 0 aromatic heterocycles. The molecule has 1 aliphatic heterocycles. The summed E-state index contributed by atoms with van der Waals surface area (Å²) in [6.45, 7) is 2.01. The van der Waals surface area contributed by atoms with Crippen molar-refractivity contribution in [2.45, 2.75) is 25.4 Å². The number of rotatable bonds is 4. The Bertz CT molecular complexity index is 504. The predicted octanol–water partition coefficient (Wildman–Crippen LogP) is 1.45. The number of amides is 1. The van der Waals surface area contributed by atoms with Crippen molar-refractivity contribution in [2.24, 2.45) is 0 Å². The Morgan fingerprint density at radius 3 is 2.84 bits per heavy atom. The van der Waals surface area contributed by atoms with Crippen LogP contribution in [0, 0.1) is 0 Å². The molecular formula is C14H20N2O2S. The molecule has 19 heavy (non-hydrogen) atoms. The van der Waals surface area contributed by atoms with Gasteiger partial charge in [0, 0.05) is 54.0 Å². The predicted molar refractivity (Wildman–Crippen MR) is 78.7 cm³/mol. The van der Waals surface area contributed by atoms with Crippen LogP contribution < -0.4 is 10.2 Å². The first-order valence-corrected chi connectivity index (χ1v) is 8.13. The third kappa shape index (κ3) is 3.22. The lowest BCUT2D eigenvalue weighted by atomic mass is 9.95. The number of para-hydroxylation sites is 1. The van der Waals surface area contributed by atoms with Gasteiger partial charge in [0.15, 0.2) is 0 Å². The average Bonchev–Trinajstić information content (AvgIpc) is 2.34. The SMILES string of the molecule is CC(CS(C)=O)NC1CC(=O)N(C)c2ccccc21. The highest BCUT2D eigenvalue weighted by atomic mass is 32.2. The molecule has 2 rings (SSSR count). The van der Waals surface area contributed by atoms with Gasteiger partial charge in [0.25, 0.3) is 0 Å². The zero-order chi connectivity index (χ0) is 14.0. The third-order valence-electron chi connectivity index (χ3n) is 3.40. The van der Waals surface area contributed by atoms with Crippen LogP contribution in [0.3, 0.4) is 0 Å². The number of nitrogens with one attached hydrogen (secondary N) is 1. The van der Waals surface area contributed by atoms with Crippen molar-refractivity contribution in [1.82, 2.24) is 5.32 Å². The highest BCUT2D eigenvalue weighted by Gasteiger charge is 2.29. The van der Waals surface area contributed by atoms with Crippen molar-refractivity contribution in [3.63, 3.8) is 0 Å². The average molecular weight is 280 g/mol. The van der Waals surface area contributed by atoms with E-state index in [1.807, 2.05) is 38.2 Å². The van der Waals surface area contributed by atoms with Gasteiger partial charge in [-0.2, -0.15) is 0 Å². The zero-order valence-corrected chi connectivity index (χ0v) is 12.4. The van der Waals surface area contributed by atoms with Crippen molar-refractivity contribution >= 4 is 22.4 Å². The van der Waals surface area contributed by atoms with Crippen molar-refractivity contribution in [2.75, 3.05) is 24.0 Å². The summed E-state index contributed by atoms with van der Waals surface area (Å²) in [5.74, 6) is 0.712. The number of hydrogen-bond acceptors (Lipinski definition) is 3. The normalized spacial score (nSPS) is 21.9. The molecule has 4 nitrogen and oxygen atoms in total. The number of carbonyl (C=O) groups is 1. The number of fused-ring (bicyclic) bond motifs is 1. The van der Waals surface area contributed by atoms with E-state index in [-0.39, 0.29) is 18.0 Å². The molecule has 3 atom stereocenters. The molecule has 104 valence electrons. The molecule has 1 N–H and O–H groups in total. The van der Waals surface area contributed by atoms with Gasteiger partial charge >= 0.3 is 0 Å². The zero-order valence-electron chi connectivity index (χ0n) is 11.6. The molecule has 3 unspecified atom stereocenters. The summed E-state index contributed by atoms with van der Waals surface area (Å²) < 4.78 is 11.3. The number of anilines is 1. The molecule has 1 aromatic carbocycles. The molecule has 1 aliphatic rings. The van der Waals surface area contributed by atoms with E-state index in [1.54, 1.807) is 11.2 Å². The first kappa shape index (κ1) is 14.2. The third-order valence-corrected chi connectivity index (χ3v) is 4.37. The lowest BCUT2D eigenvalue weighted by molar-refractivity contribution is -0.119. The molecular weight excluding hydrogens is 260 g/mol. The lowest BCUT2D eigenvalue weighted by Crippen LogP contribution is -2.42. The van der Waals surface area contributed by atoms with Gasteiger partial charge < -0.3 is 10.2 Å². The molecule has 1 aromatic rings. The van der Waals surface area contributed by atoms with Gasteiger partial charge in [-0.1, -0.05) is 18.2 Å². The van der Waals surface area contributed by atoms with E-state index in [4.69, 9.17) is 0 Å². The summed E-state index contributed by atoms with van der Waals surface area (Å²) in [7, 11) is 0.976. The van der Waals surface area contributed by atoms with Crippen LogP contribution in [0.4, 0.5) is 5.69 Å². The highest BCUT2D eigenvalue weighted by molar-refractivity contribution is 7.84. The molecule has 0 spiro atoms. The Labute approximate surface area is 116 Å². The van der Waals surface area contributed by atoms with Crippen molar-refractivity contribution in [1.29, 1.82) is 0 Å². The standard InChI is InChI=1S/C14H20N2O2S/c1-10(9-19(3)18)15-12-8-14(17)16(2)13-7-5-4-6-11(12)13/h4-7,10,12,15H,8-9H2,1-3H3. The minimum atomic E-state index is -0.831. The first-order chi connectivity index (χ1) is 8.99. The number of benzene rings is 1. The van der Waals surface area contributed by atoms with Gasteiger partial charge in [0.1, 0.15) is 0 Å². The number of nitrogens with zero attached hydrogens (tertiary/aromatic N) is 1. The lowest BCUT2D eigenvalue weighted by Gasteiger charge is -2.33. The summed E-state index contributed by atoms with van der Waals surface area (Å²) in [6.07, 6.45) is 2.15. The second-order valence-electron chi connectivity index (χ2n) is 5.08. The van der Waals surface area contributed by atoms with Crippen molar-refractivity contribution < 1.29 is 9.00 Å². The maximum Gasteiger partial charge on any atom is 0.228 e. The summed E-state index contributed by atoms with van der Waals surface area (Å²) in [6, 6.07) is 8.07. The Morgan fingerprint density at radius 2 is 2.16 bits per heavy atom. The summed E-state index contributed by atoms with van der Waals surface area (Å²) in [5.41, 5.74) is 2.10. The molecule has 0 saturated heterocycles. The maximum atomic E-state index is 12.0. The van der Waals surface area contributed by atoms with Crippen molar-refractivity contribution in [3.8, 4) is 0 Å². The monoisotopic (exact) mass is 280 g/mol. The fourth-order valence-electron chi connectivity index (χ4n) is 2.54. The van der Waals surface area contributed by atoms with Gasteiger partial charge in [-0.15, -0.1) is 0 Å². The maximum absolute atomic E-state index is 12.0. The van der Waals surface area contributed by atoms with E-state index in [1.165, 1.54) is 0 Å². The van der Waals surface area contributed by atoms with E-state index >= 15 is 0 Å². The van der Waals surface area contributed by atoms with Crippen molar-refractivity contribution in [3.05, 3.63) is 29.8 Å². The largest absolute Gasteiger partial charge is 0.315 e. The van der Waals surface area contributed by atoms with Gasteiger partial charge in [0.2, 0.25) is 5.91 Å². The molecule has 0 saturated carbocycles. The van der Waals surface area contributed by atoms with Gasteiger partial charge in [-0.25, -0.2) is 0 Å². The summed E-state index contributed by atoms with van der Waals surface area (Å²) in [4.78, 5) is 13.7. The Kier molecular flexibility index (Phi) is 4.37. The minimum absolute atomic E-state index is 0.0125. The van der Waals surface area contributed by atoms with Gasteiger partial charge in [0.05, 0.1) is 0 Å². The molecule has 0 fully saturated rings. The van der Waals surface area contributed by atoms with Crippen LogP contribution >= 0.6 is 0 Å². The molecule has 1 heterocycles. The number of carbonyl (C=O) groups excluding carboxylic acids is 1. The van der Waals surface area contributed by atoms with E-state index < -0.39 is 10.8 Å². The van der Waals surface area contributed by atoms with Gasteiger partial charge in [-0.05, 0) is 18.6 Å². The summed E-state index contributed by atoms with van der Waals surface area (Å²) in [5, 5.41) is 3.42. The van der Waals surface area contributed by atoms with E-state index in [0.29, 0.717) is 12.2 Å². The van der Waals surface area contributed by atoms with Crippen LogP contribution in [-0.4, -0.2) is 35.2 Å². The van der Waals surface area contributed by atoms with Crippen LogP contribution in [0.5, 0.6) is 0 Å². The fourth-order valence-corrected chi connectivity index (χ4v) is 3.34. The minimum Gasteiger partial charge on any atom is -0.315 e. The molecule has 0 radical (unpaired) electrons. The Morgan fingerprint density at radius 1 is 1.47 bits per heavy atom. The highest BCUT2D eigenvalue weighted by Crippen LogP contribution is 2.33. The molecule has 0 aliphatic carbocycles. The second kappa shape index (κ2) is 5.84. The number of hydrogen-bond donors (Lipinski definition) is 1. The van der Waals surface area contributed by atoms with Crippen LogP contribution in [0.25, 0.3) is 0 Å². The van der Waals surface area contributed by atoms with Gasteiger partial charge in [-0.3, -0.25) is 9.00 Å². The molecule has 5 heteroatoms. The van der Waals surface area contributed by atoms with Crippen LogP contribution in [0.15, 0.2) is 24.3 Å². The van der Waals surface area contributed by atoms with Crippen LogP contribution in [-0.2, 0) is 15.6 Å². The Balaban J connectivity index is 2.20. The molecule has 0 bridgehead atoms. The summed E-state index contributed by atoms with van der Waals surface area (Å²) >= 11 is 0. The van der Waals surface area contributed by atoms with E-state index in [2.05, 4.69) is 5.32 Å². The van der Waals surface area contributed by atoms with Crippen LogP contribution in [0.1, 0.15) is 24.9 Å². The fraction of sp³-hybridized carbons (Fsp3) is 0.500. The second-order valence-corrected chi connectivity index (χ2v) is 6.56. The molecule has 1 amide bonds. The Hall–Kier alpha value is -1.20. The van der Waals surface area contributed by atoms with E-state index in [9.17, 15) is 9.00 Å². The quantitative estimate of drug-likeness (QED) is 0.908. The van der Waals surface area contributed by atoms with Crippen LogP contribution in [0.2, 0.25) is 0 Å². The smallest absolute Gasteiger partial charge is 0.228 e. The van der Waals surface area contributed by atoms with E-state index in [0.717, 1.165) is 11.3 Å². The first-order valence-electron chi connectivity index (χ1n) is 6.40. The topological polar surface area (TPSA) is 49.4 Å².